The molecule has 0 fully saturated rings. The van der Waals surface area contributed by atoms with Gasteiger partial charge in [0.25, 0.3) is 0 Å². The van der Waals surface area contributed by atoms with Crippen molar-refractivity contribution < 1.29 is 19.4 Å². The third-order valence-corrected chi connectivity index (χ3v) is 6.32. The Morgan fingerprint density at radius 1 is 1.20 bits per heavy atom. The van der Waals surface area contributed by atoms with E-state index >= 15 is 0 Å². The van der Waals surface area contributed by atoms with Gasteiger partial charge in [-0.25, -0.2) is 0 Å². The molecule has 158 valence electrons. The van der Waals surface area contributed by atoms with E-state index in [-0.39, 0.29) is 23.6 Å². The number of ketones is 1. The van der Waals surface area contributed by atoms with E-state index in [1.54, 1.807) is 12.1 Å². The molecule has 2 aliphatic rings. The van der Waals surface area contributed by atoms with Crippen LogP contribution in [-0.2, 0) is 4.79 Å². The first kappa shape index (κ1) is 20.5. The third kappa shape index (κ3) is 3.96. The minimum atomic E-state index is -0.446. The van der Waals surface area contributed by atoms with E-state index in [4.69, 9.17) is 9.47 Å². The van der Waals surface area contributed by atoms with Crippen LogP contribution < -0.4 is 9.47 Å². The molecular weight excluding hydrogens is 376 g/mol. The van der Waals surface area contributed by atoms with E-state index in [2.05, 4.69) is 31.2 Å². The van der Waals surface area contributed by atoms with Gasteiger partial charge in [0.15, 0.2) is 5.78 Å². The van der Waals surface area contributed by atoms with E-state index in [0.29, 0.717) is 29.4 Å². The van der Waals surface area contributed by atoms with Crippen LogP contribution in [0.15, 0.2) is 48.5 Å². The lowest BCUT2D eigenvalue weighted by Crippen LogP contribution is -2.43. The number of rotatable bonds is 5. The van der Waals surface area contributed by atoms with Gasteiger partial charge < -0.3 is 14.6 Å². The molecule has 2 aromatic carbocycles. The quantitative estimate of drug-likeness (QED) is 0.673. The number of phenolic OH excluding ortho intramolecular Hbond substituents is 1. The summed E-state index contributed by atoms with van der Waals surface area (Å²) in [5, 5.41) is 10.8. The first-order valence-electron chi connectivity index (χ1n) is 10.8. The maximum Gasteiger partial charge on any atom is 0.156 e. The van der Waals surface area contributed by atoms with Gasteiger partial charge in [-0.05, 0) is 56.7 Å². The van der Waals surface area contributed by atoms with Gasteiger partial charge in [0, 0.05) is 24.5 Å². The van der Waals surface area contributed by atoms with E-state index < -0.39 is 5.60 Å². The van der Waals surface area contributed by atoms with E-state index in [1.807, 2.05) is 32.9 Å². The Morgan fingerprint density at radius 3 is 2.67 bits per heavy atom. The molecule has 0 bridgehead atoms. The highest BCUT2D eigenvalue weighted by atomic mass is 16.5. The minimum Gasteiger partial charge on any atom is -0.507 e. The lowest BCUT2D eigenvalue weighted by Gasteiger charge is -2.43. The summed E-state index contributed by atoms with van der Waals surface area (Å²) in [6, 6.07) is 13.9. The first-order chi connectivity index (χ1) is 14.2. The van der Waals surface area contributed by atoms with E-state index in [9.17, 15) is 9.90 Å². The smallest absolute Gasteiger partial charge is 0.156 e. The van der Waals surface area contributed by atoms with Crippen molar-refractivity contribution in [1.82, 2.24) is 0 Å². The van der Waals surface area contributed by atoms with Crippen LogP contribution in [0.25, 0.3) is 5.57 Å². The molecule has 4 rings (SSSR count). The van der Waals surface area contributed by atoms with Crippen LogP contribution >= 0.6 is 0 Å². The van der Waals surface area contributed by atoms with Crippen LogP contribution in [0.4, 0.5) is 0 Å². The van der Waals surface area contributed by atoms with E-state index in [1.165, 1.54) is 5.56 Å². The molecule has 3 unspecified atom stereocenters. The fourth-order valence-electron chi connectivity index (χ4n) is 4.82. The number of benzene rings is 2. The standard InChI is InChI=1S/C26H30O4/c1-16(18-8-6-5-7-9-18)12-17(2)29-20-14-23(28)25-21-13-19(27)10-11-22(21)26(3,4)30-24(25)15-20/h5-9,13-17,22,28H,10-12H2,1-4H3. The number of ether oxygens (including phenoxy) is 2. The maximum absolute atomic E-state index is 12.1. The molecule has 0 saturated heterocycles. The molecule has 1 aliphatic carbocycles. The molecule has 0 spiro atoms. The Bertz CT molecular complexity index is 974. The number of carbonyl (C=O) groups is 1. The number of allylic oxidation sites excluding steroid dienone is 1. The van der Waals surface area contributed by atoms with Crippen molar-refractivity contribution in [2.24, 2.45) is 5.92 Å². The normalized spacial score (nSPS) is 21.5. The predicted octanol–water partition coefficient (Wildman–Crippen LogP) is 5.89. The summed E-state index contributed by atoms with van der Waals surface area (Å²) in [6.07, 6.45) is 3.77. The highest BCUT2D eigenvalue weighted by Gasteiger charge is 2.43. The molecule has 0 aromatic heterocycles. The zero-order chi connectivity index (χ0) is 21.5. The Hall–Kier alpha value is -2.75. The molecule has 3 atom stereocenters. The second-order valence-electron chi connectivity index (χ2n) is 9.15. The summed E-state index contributed by atoms with van der Waals surface area (Å²) in [4.78, 5) is 12.1. The van der Waals surface area contributed by atoms with Crippen LogP contribution in [-0.4, -0.2) is 22.6 Å². The lowest BCUT2D eigenvalue weighted by molar-refractivity contribution is -0.115. The van der Waals surface area contributed by atoms with Crippen molar-refractivity contribution in [2.45, 2.75) is 64.6 Å². The van der Waals surface area contributed by atoms with Gasteiger partial charge in [-0.15, -0.1) is 0 Å². The van der Waals surface area contributed by atoms with Crippen molar-refractivity contribution in [3.8, 4) is 17.2 Å². The van der Waals surface area contributed by atoms with Crippen LogP contribution in [0.5, 0.6) is 17.2 Å². The van der Waals surface area contributed by atoms with E-state index in [0.717, 1.165) is 18.4 Å². The van der Waals surface area contributed by atoms with Gasteiger partial charge in [0.05, 0.1) is 11.7 Å². The molecule has 1 heterocycles. The summed E-state index contributed by atoms with van der Waals surface area (Å²) in [5.41, 5.74) is 2.35. The Morgan fingerprint density at radius 2 is 1.93 bits per heavy atom. The van der Waals surface area contributed by atoms with Crippen LogP contribution in [0, 0.1) is 5.92 Å². The molecule has 1 aliphatic heterocycles. The second-order valence-corrected chi connectivity index (χ2v) is 9.15. The number of fused-ring (bicyclic) bond motifs is 3. The molecule has 0 radical (unpaired) electrons. The zero-order valence-electron chi connectivity index (χ0n) is 18.1. The number of carbonyl (C=O) groups excluding carboxylic acids is 1. The highest BCUT2D eigenvalue weighted by molar-refractivity contribution is 6.01. The molecule has 0 saturated carbocycles. The number of aromatic hydroxyl groups is 1. The fraction of sp³-hybridized carbons (Fsp3) is 0.423. The van der Waals surface area contributed by atoms with Crippen molar-refractivity contribution in [3.63, 3.8) is 0 Å². The van der Waals surface area contributed by atoms with Crippen molar-refractivity contribution >= 4 is 11.4 Å². The van der Waals surface area contributed by atoms with Crippen molar-refractivity contribution in [3.05, 3.63) is 59.7 Å². The van der Waals surface area contributed by atoms with Gasteiger partial charge in [-0.2, -0.15) is 0 Å². The molecule has 1 N–H and O–H groups in total. The zero-order valence-corrected chi connectivity index (χ0v) is 18.1. The summed E-state index contributed by atoms with van der Waals surface area (Å²) in [6.45, 7) is 8.31. The molecule has 0 amide bonds. The summed E-state index contributed by atoms with van der Waals surface area (Å²) in [7, 11) is 0. The third-order valence-electron chi connectivity index (χ3n) is 6.32. The molecule has 30 heavy (non-hydrogen) atoms. The predicted molar refractivity (Wildman–Crippen MR) is 118 cm³/mol. The minimum absolute atomic E-state index is 0.0301. The van der Waals surface area contributed by atoms with Gasteiger partial charge in [-0.1, -0.05) is 37.3 Å². The number of phenols is 1. The SMILES string of the molecule is CC(CC(C)c1ccccc1)Oc1cc(O)c2c(c1)OC(C)(C)C1CCC(=O)C=C21. The summed E-state index contributed by atoms with van der Waals surface area (Å²) >= 11 is 0. The number of hydrogen-bond donors (Lipinski definition) is 1. The molecule has 4 nitrogen and oxygen atoms in total. The van der Waals surface area contributed by atoms with Gasteiger partial charge in [0.2, 0.25) is 0 Å². The van der Waals surface area contributed by atoms with Gasteiger partial charge >= 0.3 is 0 Å². The van der Waals surface area contributed by atoms with Gasteiger partial charge in [-0.3, -0.25) is 4.79 Å². The Labute approximate surface area is 178 Å². The Balaban J connectivity index is 1.57. The van der Waals surface area contributed by atoms with Crippen LogP contribution in [0.3, 0.4) is 0 Å². The highest BCUT2D eigenvalue weighted by Crippen LogP contribution is 2.52. The molecule has 2 aromatic rings. The fourth-order valence-corrected chi connectivity index (χ4v) is 4.82. The maximum atomic E-state index is 12.1. The lowest BCUT2D eigenvalue weighted by atomic mass is 9.72. The average molecular weight is 407 g/mol. The monoisotopic (exact) mass is 406 g/mol. The average Bonchev–Trinajstić information content (AvgIpc) is 2.67. The van der Waals surface area contributed by atoms with Crippen molar-refractivity contribution in [2.75, 3.05) is 0 Å². The second kappa shape index (κ2) is 7.82. The van der Waals surface area contributed by atoms with Crippen LogP contribution in [0.2, 0.25) is 0 Å². The molecular formula is C26H30O4. The first-order valence-corrected chi connectivity index (χ1v) is 10.8. The number of hydrogen-bond acceptors (Lipinski definition) is 4. The summed E-state index contributed by atoms with van der Waals surface area (Å²) < 4.78 is 12.4. The largest absolute Gasteiger partial charge is 0.507 e. The summed E-state index contributed by atoms with van der Waals surface area (Å²) in [5.74, 6) is 1.82. The van der Waals surface area contributed by atoms with Crippen molar-refractivity contribution in [1.29, 1.82) is 0 Å². The van der Waals surface area contributed by atoms with Crippen LogP contribution in [0.1, 0.15) is 64.0 Å². The molecule has 4 heteroatoms. The topological polar surface area (TPSA) is 55.8 Å². The van der Waals surface area contributed by atoms with Gasteiger partial charge in [0.1, 0.15) is 22.8 Å². The Kier molecular flexibility index (Phi) is 5.35.